The Kier molecular flexibility index (Phi) is 10.1. The Balaban J connectivity index is 0.00000312. The lowest BCUT2D eigenvalue weighted by Gasteiger charge is -2.37. The van der Waals surface area contributed by atoms with Crippen LogP contribution in [0.5, 0.6) is 0 Å². The fourth-order valence-electron chi connectivity index (χ4n) is 3.17. The van der Waals surface area contributed by atoms with Gasteiger partial charge in [-0.1, -0.05) is 38.7 Å². The minimum absolute atomic E-state index is 0. The summed E-state index contributed by atoms with van der Waals surface area (Å²) in [6.45, 7) is 5.12. The monoisotopic (exact) mass is 364 g/mol. The van der Waals surface area contributed by atoms with Crippen LogP contribution < -0.4 is 0 Å². The summed E-state index contributed by atoms with van der Waals surface area (Å²) in [5, 5.41) is 9.49. The molecule has 6 heteroatoms. The van der Waals surface area contributed by atoms with Crippen molar-refractivity contribution in [2.75, 3.05) is 26.2 Å². The molecule has 2 rings (SSSR count). The van der Waals surface area contributed by atoms with Crippen LogP contribution in [0.3, 0.4) is 0 Å². The van der Waals surface area contributed by atoms with E-state index in [-0.39, 0.29) is 24.4 Å². The van der Waals surface area contributed by atoms with Crippen molar-refractivity contribution in [1.82, 2.24) is 14.8 Å². The normalized spacial score (nSPS) is 15.9. The van der Waals surface area contributed by atoms with E-state index in [0.29, 0.717) is 19.5 Å². The molecule has 138 valence electrons. The zero-order valence-corrected chi connectivity index (χ0v) is 15.9. The molecular formula is C19H29ClN4O. The fraction of sp³-hybridized carbons (Fsp3) is 0.632. The first-order valence-corrected chi connectivity index (χ1v) is 9.07. The molecule has 1 aliphatic rings. The van der Waals surface area contributed by atoms with E-state index in [9.17, 15) is 10.1 Å². The molecule has 1 aromatic heterocycles. The van der Waals surface area contributed by atoms with E-state index in [1.165, 1.54) is 19.3 Å². The SMILES string of the molecule is CCCCCCCC(=O)N1CCN(C(C#N)c2cccnc2)CC1.Cl. The molecule has 1 saturated heterocycles. The second-order valence-electron chi connectivity index (χ2n) is 6.40. The third kappa shape index (κ3) is 6.64. The lowest BCUT2D eigenvalue weighted by molar-refractivity contribution is -0.133. The number of aromatic nitrogens is 1. The van der Waals surface area contributed by atoms with Crippen molar-refractivity contribution in [1.29, 1.82) is 5.26 Å². The number of hydrogen-bond acceptors (Lipinski definition) is 4. The van der Waals surface area contributed by atoms with Crippen LogP contribution in [-0.4, -0.2) is 46.9 Å². The van der Waals surface area contributed by atoms with E-state index >= 15 is 0 Å². The van der Waals surface area contributed by atoms with Gasteiger partial charge < -0.3 is 4.90 Å². The fourth-order valence-corrected chi connectivity index (χ4v) is 3.17. The van der Waals surface area contributed by atoms with Gasteiger partial charge in [0.2, 0.25) is 5.91 Å². The third-order valence-electron chi connectivity index (χ3n) is 4.65. The first-order valence-electron chi connectivity index (χ1n) is 9.07. The highest BCUT2D eigenvalue weighted by molar-refractivity contribution is 5.85. The largest absolute Gasteiger partial charge is 0.340 e. The van der Waals surface area contributed by atoms with Crippen molar-refractivity contribution >= 4 is 18.3 Å². The average molecular weight is 365 g/mol. The maximum atomic E-state index is 12.3. The summed E-state index contributed by atoms with van der Waals surface area (Å²) in [6.07, 6.45) is 9.99. The Morgan fingerprint density at radius 3 is 2.56 bits per heavy atom. The van der Waals surface area contributed by atoms with Gasteiger partial charge in [-0.05, 0) is 12.5 Å². The molecule has 0 N–H and O–H groups in total. The van der Waals surface area contributed by atoms with Crippen molar-refractivity contribution in [3.8, 4) is 6.07 Å². The van der Waals surface area contributed by atoms with Gasteiger partial charge in [0.05, 0.1) is 6.07 Å². The van der Waals surface area contributed by atoms with E-state index < -0.39 is 0 Å². The molecule has 2 heterocycles. The topological polar surface area (TPSA) is 60.2 Å². The van der Waals surface area contributed by atoms with Crippen LogP contribution in [-0.2, 0) is 4.79 Å². The van der Waals surface area contributed by atoms with Gasteiger partial charge in [0.25, 0.3) is 0 Å². The quantitative estimate of drug-likeness (QED) is 0.661. The molecule has 0 radical (unpaired) electrons. The van der Waals surface area contributed by atoms with Gasteiger partial charge in [0, 0.05) is 50.6 Å². The Morgan fingerprint density at radius 1 is 1.24 bits per heavy atom. The van der Waals surface area contributed by atoms with Crippen LogP contribution in [0.4, 0.5) is 0 Å². The molecule has 0 saturated carbocycles. The Labute approximate surface area is 157 Å². The van der Waals surface area contributed by atoms with Gasteiger partial charge in [-0.3, -0.25) is 14.7 Å². The molecule has 1 aliphatic heterocycles. The minimum atomic E-state index is -0.273. The molecular weight excluding hydrogens is 336 g/mol. The Hall–Kier alpha value is -1.64. The lowest BCUT2D eigenvalue weighted by atomic mass is 10.1. The molecule has 5 nitrogen and oxygen atoms in total. The number of amides is 1. The maximum Gasteiger partial charge on any atom is 0.222 e. The summed E-state index contributed by atoms with van der Waals surface area (Å²) in [6, 6.07) is 5.89. The second-order valence-corrected chi connectivity index (χ2v) is 6.40. The summed E-state index contributed by atoms with van der Waals surface area (Å²) in [5.41, 5.74) is 0.927. The van der Waals surface area contributed by atoms with E-state index in [1.807, 2.05) is 17.0 Å². The predicted octanol–water partition coefficient (Wildman–Crippen LogP) is 3.57. The number of rotatable bonds is 8. The molecule has 0 spiro atoms. The van der Waals surface area contributed by atoms with Crippen LogP contribution in [0.2, 0.25) is 0 Å². The highest BCUT2D eigenvalue weighted by atomic mass is 35.5. The number of pyridine rings is 1. The van der Waals surface area contributed by atoms with Crippen LogP contribution in [0.1, 0.15) is 57.1 Å². The van der Waals surface area contributed by atoms with E-state index in [4.69, 9.17) is 0 Å². The highest BCUT2D eigenvalue weighted by Gasteiger charge is 2.26. The average Bonchev–Trinajstić information content (AvgIpc) is 2.63. The van der Waals surface area contributed by atoms with Crippen molar-refractivity contribution in [2.24, 2.45) is 0 Å². The van der Waals surface area contributed by atoms with Crippen LogP contribution in [0.15, 0.2) is 24.5 Å². The molecule has 1 unspecified atom stereocenters. The first kappa shape index (κ1) is 21.4. The molecule has 1 amide bonds. The Morgan fingerprint density at radius 2 is 1.96 bits per heavy atom. The summed E-state index contributed by atoms with van der Waals surface area (Å²) in [7, 11) is 0. The van der Waals surface area contributed by atoms with Gasteiger partial charge in [-0.2, -0.15) is 5.26 Å². The zero-order valence-electron chi connectivity index (χ0n) is 15.1. The second kappa shape index (κ2) is 11.8. The van der Waals surface area contributed by atoms with Crippen LogP contribution >= 0.6 is 12.4 Å². The maximum absolute atomic E-state index is 12.3. The number of carbonyl (C=O) groups is 1. The van der Waals surface area contributed by atoms with Gasteiger partial charge in [-0.25, -0.2) is 0 Å². The summed E-state index contributed by atoms with van der Waals surface area (Å²) in [5.74, 6) is 0.265. The molecule has 0 aromatic carbocycles. The van der Waals surface area contributed by atoms with E-state index in [0.717, 1.165) is 31.5 Å². The number of nitriles is 1. The highest BCUT2D eigenvalue weighted by Crippen LogP contribution is 2.21. The molecule has 1 atom stereocenters. The van der Waals surface area contributed by atoms with Gasteiger partial charge >= 0.3 is 0 Å². The van der Waals surface area contributed by atoms with Gasteiger partial charge in [-0.15, -0.1) is 12.4 Å². The minimum Gasteiger partial charge on any atom is -0.340 e. The first-order chi connectivity index (χ1) is 11.8. The number of hydrogen-bond donors (Lipinski definition) is 0. The number of piperazine rings is 1. The van der Waals surface area contributed by atoms with Gasteiger partial charge in [0.1, 0.15) is 6.04 Å². The molecule has 25 heavy (non-hydrogen) atoms. The smallest absolute Gasteiger partial charge is 0.222 e. The predicted molar refractivity (Wildman–Crippen MR) is 101 cm³/mol. The van der Waals surface area contributed by atoms with Crippen molar-refractivity contribution in [2.45, 2.75) is 51.5 Å². The number of unbranched alkanes of at least 4 members (excludes halogenated alkanes) is 4. The van der Waals surface area contributed by atoms with E-state index in [2.05, 4.69) is 22.9 Å². The molecule has 0 aliphatic carbocycles. The zero-order chi connectivity index (χ0) is 17.2. The standard InChI is InChI=1S/C19H28N4O.ClH/c1-2-3-4-5-6-9-19(24)23-13-11-22(12-14-23)18(15-20)17-8-7-10-21-16-17;/h7-8,10,16,18H,2-6,9,11-14H2,1H3;1H. The summed E-state index contributed by atoms with van der Waals surface area (Å²) >= 11 is 0. The van der Waals surface area contributed by atoms with Crippen molar-refractivity contribution < 1.29 is 4.79 Å². The van der Waals surface area contributed by atoms with Crippen molar-refractivity contribution in [3.63, 3.8) is 0 Å². The molecule has 0 bridgehead atoms. The lowest BCUT2D eigenvalue weighted by Crippen LogP contribution is -2.49. The summed E-state index contributed by atoms with van der Waals surface area (Å²) in [4.78, 5) is 20.5. The number of halogens is 1. The molecule has 1 aromatic rings. The van der Waals surface area contributed by atoms with Crippen LogP contribution in [0, 0.1) is 11.3 Å². The number of nitrogens with zero attached hydrogens (tertiary/aromatic N) is 4. The van der Waals surface area contributed by atoms with Crippen LogP contribution in [0.25, 0.3) is 0 Å². The summed E-state index contributed by atoms with van der Waals surface area (Å²) < 4.78 is 0. The van der Waals surface area contributed by atoms with Gasteiger partial charge in [0.15, 0.2) is 0 Å². The number of carbonyl (C=O) groups excluding carboxylic acids is 1. The third-order valence-corrected chi connectivity index (χ3v) is 4.65. The van der Waals surface area contributed by atoms with Crippen molar-refractivity contribution in [3.05, 3.63) is 30.1 Å². The molecule has 1 fully saturated rings. The van der Waals surface area contributed by atoms with E-state index in [1.54, 1.807) is 12.4 Å². The Bertz CT molecular complexity index is 538.